The van der Waals surface area contributed by atoms with Gasteiger partial charge >= 0.3 is 0 Å². The topological polar surface area (TPSA) is 42.0 Å². The number of nitrogens with zero attached hydrogens (tertiary/aromatic N) is 1. The minimum Gasteiger partial charge on any atom is -0.298 e. The third-order valence-corrected chi connectivity index (χ3v) is 4.83. The molecule has 2 aromatic carbocycles. The molecule has 1 amide bonds. The summed E-state index contributed by atoms with van der Waals surface area (Å²) in [5.41, 5.74) is 1.46. The van der Waals surface area contributed by atoms with Crippen molar-refractivity contribution in [3.8, 4) is 0 Å². The summed E-state index contributed by atoms with van der Waals surface area (Å²) in [6.45, 7) is 0. The maximum atomic E-state index is 12.2. The van der Waals surface area contributed by atoms with E-state index in [-0.39, 0.29) is 5.91 Å². The highest BCUT2D eigenvalue weighted by atomic mass is 35.5. The molecule has 0 aliphatic rings. The molecule has 116 valence electrons. The lowest BCUT2D eigenvalue weighted by Gasteiger charge is -2.03. The van der Waals surface area contributed by atoms with Crippen molar-refractivity contribution in [1.82, 2.24) is 4.98 Å². The summed E-state index contributed by atoms with van der Waals surface area (Å²) in [6, 6.07) is 14.6. The lowest BCUT2D eigenvalue weighted by molar-refractivity contribution is 0.102. The predicted molar refractivity (Wildman–Crippen MR) is 95.8 cm³/mol. The summed E-state index contributed by atoms with van der Waals surface area (Å²) in [5, 5.41) is 4.45. The minimum absolute atomic E-state index is 0.269. The van der Waals surface area contributed by atoms with Crippen molar-refractivity contribution in [2.24, 2.45) is 0 Å². The second-order valence-corrected chi connectivity index (χ2v) is 6.76. The minimum atomic E-state index is -0.269. The summed E-state index contributed by atoms with van der Waals surface area (Å²) in [5.74, 6) is -0.269. The van der Waals surface area contributed by atoms with E-state index >= 15 is 0 Å². The highest BCUT2D eigenvalue weighted by Crippen LogP contribution is 2.25. The van der Waals surface area contributed by atoms with Crippen molar-refractivity contribution in [2.45, 2.75) is 6.42 Å². The van der Waals surface area contributed by atoms with Crippen LogP contribution >= 0.6 is 34.5 Å². The quantitative estimate of drug-likeness (QED) is 0.684. The van der Waals surface area contributed by atoms with Gasteiger partial charge in [0.25, 0.3) is 5.91 Å². The molecule has 0 saturated heterocycles. The lowest BCUT2D eigenvalue weighted by Crippen LogP contribution is -2.11. The summed E-state index contributed by atoms with van der Waals surface area (Å²) < 4.78 is 0. The molecule has 0 saturated carbocycles. The molecule has 0 fully saturated rings. The van der Waals surface area contributed by atoms with Crippen LogP contribution in [0, 0.1) is 0 Å². The SMILES string of the molecule is O=C(Nc1ncc(Cc2ccccc2Cl)s1)c1ccccc1Cl. The van der Waals surface area contributed by atoms with Gasteiger partial charge in [-0.2, -0.15) is 0 Å². The van der Waals surface area contributed by atoms with Crippen LogP contribution in [0.25, 0.3) is 0 Å². The molecule has 0 spiro atoms. The summed E-state index contributed by atoms with van der Waals surface area (Å²) >= 11 is 13.6. The zero-order valence-corrected chi connectivity index (χ0v) is 14.3. The molecule has 1 N–H and O–H groups in total. The zero-order chi connectivity index (χ0) is 16.2. The van der Waals surface area contributed by atoms with E-state index in [4.69, 9.17) is 23.2 Å². The number of rotatable bonds is 4. The van der Waals surface area contributed by atoms with Crippen LogP contribution in [0.2, 0.25) is 10.0 Å². The molecule has 1 heterocycles. The Hall–Kier alpha value is -1.88. The van der Waals surface area contributed by atoms with E-state index in [1.54, 1.807) is 30.5 Å². The van der Waals surface area contributed by atoms with E-state index in [9.17, 15) is 4.79 Å². The Morgan fingerprint density at radius 1 is 1.04 bits per heavy atom. The number of hydrogen-bond acceptors (Lipinski definition) is 3. The number of carbonyl (C=O) groups excluding carboxylic acids is 1. The third kappa shape index (κ3) is 3.91. The first kappa shape index (κ1) is 16.0. The van der Waals surface area contributed by atoms with Crippen LogP contribution in [0.4, 0.5) is 5.13 Å². The number of hydrogen-bond donors (Lipinski definition) is 1. The van der Waals surface area contributed by atoms with E-state index in [0.717, 1.165) is 15.5 Å². The Labute approximate surface area is 147 Å². The Balaban J connectivity index is 1.72. The lowest BCUT2D eigenvalue weighted by atomic mass is 10.1. The van der Waals surface area contributed by atoms with Crippen LogP contribution in [0.1, 0.15) is 20.8 Å². The molecule has 0 radical (unpaired) electrons. The molecular weight excluding hydrogens is 351 g/mol. The van der Waals surface area contributed by atoms with Crippen molar-refractivity contribution in [2.75, 3.05) is 5.32 Å². The van der Waals surface area contributed by atoms with Gasteiger partial charge in [0.1, 0.15) is 0 Å². The summed E-state index contributed by atoms with van der Waals surface area (Å²) in [6.07, 6.45) is 2.43. The number of amides is 1. The third-order valence-electron chi connectivity index (χ3n) is 3.22. The van der Waals surface area contributed by atoms with Crippen molar-refractivity contribution < 1.29 is 4.79 Å². The zero-order valence-electron chi connectivity index (χ0n) is 11.9. The fraction of sp³-hybridized carbons (Fsp3) is 0.0588. The van der Waals surface area contributed by atoms with Gasteiger partial charge in [-0.1, -0.05) is 53.5 Å². The predicted octanol–water partition coefficient (Wildman–Crippen LogP) is 5.29. The Morgan fingerprint density at radius 3 is 2.48 bits per heavy atom. The van der Waals surface area contributed by atoms with Crippen LogP contribution in [-0.4, -0.2) is 10.9 Å². The second kappa shape index (κ2) is 7.13. The molecule has 23 heavy (non-hydrogen) atoms. The first-order chi connectivity index (χ1) is 11.1. The van der Waals surface area contributed by atoms with Crippen LogP contribution in [-0.2, 0) is 6.42 Å². The van der Waals surface area contributed by atoms with Gasteiger partial charge in [-0.05, 0) is 23.8 Å². The number of carbonyl (C=O) groups is 1. The first-order valence-electron chi connectivity index (χ1n) is 6.87. The van der Waals surface area contributed by atoms with Gasteiger partial charge < -0.3 is 0 Å². The van der Waals surface area contributed by atoms with E-state index < -0.39 is 0 Å². The first-order valence-corrected chi connectivity index (χ1v) is 8.45. The van der Waals surface area contributed by atoms with Crippen LogP contribution in [0.5, 0.6) is 0 Å². The van der Waals surface area contributed by atoms with Crippen LogP contribution in [0.15, 0.2) is 54.7 Å². The van der Waals surface area contributed by atoms with Gasteiger partial charge in [-0.25, -0.2) is 4.98 Å². The second-order valence-electron chi connectivity index (χ2n) is 4.83. The fourth-order valence-corrected chi connectivity index (χ4v) is 3.34. The number of nitrogens with one attached hydrogen (secondary N) is 1. The summed E-state index contributed by atoms with van der Waals surface area (Å²) in [4.78, 5) is 17.5. The molecular formula is C17H12Cl2N2OS. The van der Waals surface area contributed by atoms with E-state index in [1.807, 2.05) is 24.3 Å². The summed E-state index contributed by atoms with van der Waals surface area (Å²) in [7, 11) is 0. The number of aromatic nitrogens is 1. The van der Waals surface area contributed by atoms with Gasteiger partial charge in [-0.3, -0.25) is 10.1 Å². The highest BCUT2D eigenvalue weighted by molar-refractivity contribution is 7.15. The number of anilines is 1. The largest absolute Gasteiger partial charge is 0.298 e. The molecule has 0 aliphatic heterocycles. The van der Waals surface area contributed by atoms with Crippen LogP contribution in [0.3, 0.4) is 0 Å². The monoisotopic (exact) mass is 362 g/mol. The molecule has 3 nitrogen and oxygen atoms in total. The van der Waals surface area contributed by atoms with Gasteiger partial charge in [0.15, 0.2) is 5.13 Å². The average Bonchev–Trinajstić information content (AvgIpc) is 2.97. The van der Waals surface area contributed by atoms with E-state index in [1.165, 1.54) is 11.3 Å². The fourth-order valence-electron chi connectivity index (χ4n) is 2.09. The Bertz CT molecular complexity index is 848. The molecule has 3 rings (SSSR count). The number of halogens is 2. The van der Waals surface area contributed by atoms with Crippen LogP contribution < -0.4 is 5.32 Å². The highest BCUT2D eigenvalue weighted by Gasteiger charge is 2.12. The Kier molecular flexibility index (Phi) is 4.96. The molecule has 0 unspecified atom stereocenters. The van der Waals surface area contributed by atoms with Gasteiger partial charge in [0, 0.05) is 22.5 Å². The van der Waals surface area contributed by atoms with Crippen molar-refractivity contribution in [3.63, 3.8) is 0 Å². The number of benzene rings is 2. The number of thiazole rings is 1. The molecule has 6 heteroatoms. The molecule has 0 aliphatic carbocycles. The van der Waals surface area contributed by atoms with Crippen molar-refractivity contribution >= 4 is 45.6 Å². The van der Waals surface area contributed by atoms with Gasteiger partial charge in [-0.15, -0.1) is 11.3 Å². The van der Waals surface area contributed by atoms with E-state index in [0.29, 0.717) is 22.1 Å². The van der Waals surface area contributed by atoms with E-state index in [2.05, 4.69) is 10.3 Å². The smallest absolute Gasteiger partial charge is 0.258 e. The molecule has 3 aromatic rings. The standard InChI is InChI=1S/C17H12Cl2N2OS/c18-14-7-3-1-5-11(14)9-12-10-20-17(23-12)21-16(22)13-6-2-4-8-15(13)19/h1-8,10H,9H2,(H,20,21,22). The maximum absolute atomic E-state index is 12.2. The molecule has 0 bridgehead atoms. The molecule has 1 aromatic heterocycles. The van der Waals surface area contributed by atoms with Crippen molar-refractivity contribution in [3.05, 3.63) is 80.8 Å². The normalized spacial score (nSPS) is 10.5. The van der Waals surface area contributed by atoms with Crippen molar-refractivity contribution in [1.29, 1.82) is 0 Å². The Morgan fingerprint density at radius 2 is 1.74 bits per heavy atom. The average molecular weight is 363 g/mol. The van der Waals surface area contributed by atoms with Gasteiger partial charge in [0.05, 0.1) is 10.6 Å². The maximum Gasteiger partial charge on any atom is 0.258 e. The van der Waals surface area contributed by atoms with Gasteiger partial charge in [0.2, 0.25) is 0 Å². The molecule has 0 atom stereocenters.